The van der Waals surface area contributed by atoms with E-state index in [9.17, 15) is 0 Å². The molecule has 4 heteroatoms. The third-order valence-corrected chi connectivity index (χ3v) is 6.83. The van der Waals surface area contributed by atoms with Crippen molar-refractivity contribution in [2.24, 2.45) is 0 Å². The van der Waals surface area contributed by atoms with Gasteiger partial charge in [-0.15, -0.1) is 11.3 Å². The first kappa shape index (κ1) is 15.8. The summed E-state index contributed by atoms with van der Waals surface area (Å²) in [7, 11) is 4.50. The van der Waals surface area contributed by atoms with Crippen LogP contribution in [0.1, 0.15) is 61.4 Å². The van der Waals surface area contributed by atoms with E-state index in [1.54, 1.807) is 11.3 Å². The highest BCUT2D eigenvalue weighted by Crippen LogP contribution is 2.39. The van der Waals surface area contributed by atoms with E-state index in [0.29, 0.717) is 11.6 Å². The highest BCUT2D eigenvalue weighted by Gasteiger charge is 2.35. The van der Waals surface area contributed by atoms with Crippen LogP contribution in [-0.2, 0) is 6.42 Å². The van der Waals surface area contributed by atoms with E-state index >= 15 is 0 Å². The molecule has 0 saturated heterocycles. The van der Waals surface area contributed by atoms with E-state index in [1.807, 2.05) is 0 Å². The van der Waals surface area contributed by atoms with Gasteiger partial charge in [0.15, 0.2) is 0 Å². The molecular formula is C17H27ClN2S. The number of aryl methyl sites for hydroxylation is 1. The smallest absolute Gasteiger partial charge is 0.0934 e. The molecule has 1 aromatic heterocycles. The van der Waals surface area contributed by atoms with Gasteiger partial charge in [0.25, 0.3) is 0 Å². The second-order valence-corrected chi connectivity index (χ2v) is 8.70. The number of fused-ring (bicyclic) bond motifs is 1. The fourth-order valence-corrected chi connectivity index (χ4v) is 5.42. The first-order chi connectivity index (χ1) is 10.1. The van der Waals surface area contributed by atoms with Crippen LogP contribution in [0.15, 0.2) is 6.07 Å². The quantitative estimate of drug-likeness (QED) is 0.867. The molecule has 1 unspecified atom stereocenters. The van der Waals surface area contributed by atoms with Crippen LogP contribution in [0.3, 0.4) is 0 Å². The molecule has 1 saturated carbocycles. The summed E-state index contributed by atoms with van der Waals surface area (Å²) >= 11 is 8.00. The van der Waals surface area contributed by atoms with Gasteiger partial charge < -0.3 is 10.2 Å². The van der Waals surface area contributed by atoms with Crippen LogP contribution in [0.25, 0.3) is 0 Å². The molecule has 0 bridgehead atoms. The minimum absolute atomic E-state index is 0.357. The van der Waals surface area contributed by atoms with Gasteiger partial charge in [-0.2, -0.15) is 0 Å². The second-order valence-electron chi connectivity index (χ2n) is 6.93. The molecule has 2 nitrogen and oxygen atoms in total. The lowest BCUT2D eigenvalue weighted by Crippen LogP contribution is -2.53. The highest BCUT2D eigenvalue weighted by atomic mass is 35.5. The maximum absolute atomic E-state index is 6.23. The van der Waals surface area contributed by atoms with Crippen molar-refractivity contribution in [3.05, 3.63) is 20.8 Å². The van der Waals surface area contributed by atoms with Crippen LogP contribution < -0.4 is 5.32 Å². The van der Waals surface area contributed by atoms with Crippen molar-refractivity contribution >= 4 is 22.9 Å². The summed E-state index contributed by atoms with van der Waals surface area (Å²) in [4.78, 5) is 3.97. The second kappa shape index (κ2) is 6.57. The SMILES string of the molecule is CN(C)C1(CNC2CCCc3sc(Cl)cc32)CCCCC1. The van der Waals surface area contributed by atoms with E-state index in [1.165, 1.54) is 61.8 Å². The van der Waals surface area contributed by atoms with E-state index in [4.69, 9.17) is 11.6 Å². The monoisotopic (exact) mass is 326 g/mol. The summed E-state index contributed by atoms with van der Waals surface area (Å²) in [5, 5.41) is 3.89. The lowest BCUT2D eigenvalue weighted by molar-refractivity contribution is 0.0943. The largest absolute Gasteiger partial charge is 0.308 e. The summed E-state index contributed by atoms with van der Waals surface area (Å²) in [6.07, 6.45) is 10.6. The van der Waals surface area contributed by atoms with Crippen LogP contribution in [0.2, 0.25) is 4.34 Å². The van der Waals surface area contributed by atoms with Crippen molar-refractivity contribution in [2.45, 2.75) is 62.9 Å². The minimum atomic E-state index is 0.357. The molecule has 0 radical (unpaired) electrons. The summed E-state index contributed by atoms with van der Waals surface area (Å²) in [5.41, 5.74) is 1.83. The molecule has 0 aromatic carbocycles. The van der Waals surface area contributed by atoms with Gasteiger partial charge in [0.1, 0.15) is 0 Å². The van der Waals surface area contributed by atoms with Gasteiger partial charge >= 0.3 is 0 Å². The number of hydrogen-bond acceptors (Lipinski definition) is 3. The van der Waals surface area contributed by atoms with Gasteiger partial charge in [-0.1, -0.05) is 30.9 Å². The molecule has 1 N–H and O–H groups in total. The van der Waals surface area contributed by atoms with E-state index in [2.05, 4.69) is 30.4 Å². The Hall–Kier alpha value is -0.0900. The number of halogens is 1. The van der Waals surface area contributed by atoms with Crippen LogP contribution in [-0.4, -0.2) is 31.1 Å². The Morgan fingerprint density at radius 1 is 1.29 bits per heavy atom. The van der Waals surface area contributed by atoms with E-state index < -0.39 is 0 Å². The molecule has 1 aromatic rings. The number of thiophene rings is 1. The standard InChI is InChI=1S/C17H27ClN2S/c1-20(2)17(9-4-3-5-10-17)12-19-14-7-6-8-15-13(14)11-16(18)21-15/h11,14,19H,3-10,12H2,1-2H3. The van der Waals surface area contributed by atoms with Gasteiger partial charge in [0.05, 0.1) is 4.34 Å². The van der Waals surface area contributed by atoms with Gasteiger partial charge in [0, 0.05) is 23.0 Å². The third-order valence-electron chi connectivity index (χ3n) is 5.49. The summed E-state index contributed by atoms with van der Waals surface area (Å²) < 4.78 is 0.952. The molecule has 0 spiro atoms. The Bertz CT molecular complexity index is 477. The molecular weight excluding hydrogens is 300 g/mol. The van der Waals surface area contributed by atoms with Crippen LogP contribution in [0, 0.1) is 0 Å². The van der Waals surface area contributed by atoms with Crippen molar-refractivity contribution in [3.8, 4) is 0 Å². The zero-order chi connectivity index (χ0) is 14.9. The van der Waals surface area contributed by atoms with Gasteiger partial charge in [-0.3, -0.25) is 0 Å². The zero-order valence-corrected chi connectivity index (χ0v) is 14.8. The molecule has 0 amide bonds. The average Bonchev–Trinajstić information content (AvgIpc) is 2.86. The maximum atomic E-state index is 6.23. The van der Waals surface area contributed by atoms with Crippen molar-refractivity contribution in [3.63, 3.8) is 0 Å². The molecule has 118 valence electrons. The number of likely N-dealkylation sites (N-methyl/N-ethyl adjacent to an activating group) is 1. The number of rotatable bonds is 4. The first-order valence-corrected chi connectivity index (χ1v) is 9.49. The van der Waals surface area contributed by atoms with Gasteiger partial charge in [-0.05, 0) is 57.8 Å². The Labute approximate surface area is 137 Å². The van der Waals surface area contributed by atoms with Gasteiger partial charge in [0.2, 0.25) is 0 Å². The van der Waals surface area contributed by atoms with Crippen molar-refractivity contribution in [1.82, 2.24) is 10.2 Å². The topological polar surface area (TPSA) is 15.3 Å². The summed E-state index contributed by atoms with van der Waals surface area (Å²) in [6.45, 7) is 1.11. The minimum Gasteiger partial charge on any atom is -0.308 e. The van der Waals surface area contributed by atoms with Gasteiger partial charge in [-0.25, -0.2) is 0 Å². The van der Waals surface area contributed by atoms with Crippen LogP contribution >= 0.6 is 22.9 Å². The Morgan fingerprint density at radius 2 is 2.05 bits per heavy atom. The fraction of sp³-hybridized carbons (Fsp3) is 0.765. The lowest BCUT2D eigenvalue weighted by atomic mass is 9.80. The maximum Gasteiger partial charge on any atom is 0.0934 e. The van der Waals surface area contributed by atoms with Crippen molar-refractivity contribution in [2.75, 3.05) is 20.6 Å². The highest BCUT2D eigenvalue weighted by molar-refractivity contribution is 7.16. The van der Waals surface area contributed by atoms with E-state index in [-0.39, 0.29) is 0 Å². The third kappa shape index (κ3) is 3.31. The number of hydrogen-bond donors (Lipinski definition) is 1. The van der Waals surface area contributed by atoms with E-state index in [0.717, 1.165) is 10.9 Å². The van der Waals surface area contributed by atoms with Crippen LogP contribution in [0.4, 0.5) is 0 Å². The Morgan fingerprint density at radius 3 is 2.76 bits per heavy atom. The molecule has 3 rings (SSSR count). The molecule has 2 aliphatic carbocycles. The predicted octanol–water partition coefficient (Wildman–Crippen LogP) is 4.63. The molecule has 1 heterocycles. The molecule has 1 fully saturated rings. The summed E-state index contributed by atoms with van der Waals surface area (Å²) in [6, 6.07) is 2.71. The van der Waals surface area contributed by atoms with Crippen molar-refractivity contribution in [1.29, 1.82) is 0 Å². The first-order valence-electron chi connectivity index (χ1n) is 8.30. The summed E-state index contributed by atoms with van der Waals surface area (Å²) in [5.74, 6) is 0. The number of nitrogens with one attached hydrogen (secondary N) is 1. The Kier molecular flexibility index (Phi) is 4.94. The zero-order valence-electron chi connectivity index (χ0n) is 13.3. The number of nitrogens with zero attached hydrogens (tertiary/aromatic N) is 1. The molecule has 2 aliphatic rings. The lowest BCUT2D eigenvalue weighted by Gasteiger charge is -2.44. The Balaban J connectivity index is 1.69. The predicted molar refractivity (Wildman–Crippen MR) is 92.5 cm³/mol. The van der Waals surface area contributed by atoms with Crippen molar-refractivity contribution < 1.29 is 0 Å². The fourth-order valence-electron chi connectivity index (χ4n) is 4.04. The molecule has 1 atom stereocenters. The molecule has 21 heavy (non-hydrogen) atoms. The van der Waals surface area contributed by atoms with Crippen LogP contribution in [0.5, 0.6) is 0 Å². The average molecular weight is 327 g/mol. The normalized spacial score (nSPS) is 25.0. The molecule has 0 aliphatic heterocycles.